The van der Waals surface area contributed by atoms with Crippen LogP contribution in [0.15, 0.2) is 12.7 Å². The monoisotopic (exact) mass is 164 g/mol. The van der Waals surface area contributed by atoms with Crippen LogP contribution in [0.2, 0.25) is 0 Å². The minimum absolute atomic E-state index is 0.184. The molecule has 0 aromatic rings. The summed E-state index contributed by atoms with van der Waals surface area (Å²) in [6.45, 7) is 6.38. The van der Waals surface area contributed by atoms with Gasteiger partial charge in [0.2, 0.25) is 0 Å². The number of ether oxygens (including phenoxy) is 2. The first-order valence-electron chi connectivity index (χ1n) is 3.21. The molecule has 0 heterocycles. The van der Waals surface area contributed by atoms with Gasteiger partial charge in [0.25, 0.3) is 0 Å². The standard InChI is InChI=1S/C7H13ClO2/c1-3-5-9-7(2)10-6-4-8/h3,7H,1,4-6H2,2H3. The predicted molar refractivity (Wildman–Crippen MR) is 42.3 cm³/mol. The van der Waals surface area contributed by atoms with Crippen molar-refractivity contribution in [3.05, 3.63) is 12.7 Å². The molecule has 0 rings (SSSR count). The molecule has 0 aromatic heterocycles. The Kier molecular flexibility index (Phi) is 7.03. The third-order valence-corrected chi connectivity index (χ3v) is 1.03. The van der Waals surface area contributed by atoms with E-state index in [1.807, 2.05) is 6.92 Å². The Morgan fingerprint density at radius 1 is 1.60 bits per heavy atom. The van der Waals surface area contributed by atoms with Crippen LogP contribution in [-0.2, 0) is 9.47 Å². The zero-order valence-electron chi connectivity index (χ0n) is 6.18. The molecule has 0 aliphatic heterocycles. The van der Waals surface area contributed by atoms with Gasteiger partial charge in [-0.15, -0.1) is 18.2 Å². The number of rotatable bonds is 6. The van der Waals surface area contributed by atoms with Crippen molar-refractivity contribution in [2.45, 2.75) is 13.2 Å². The maximum Gasteiger partial charge on any atom is 0.155 e. The zero-order chi connectivity index (χ0) is 7.82. The summed E-state index contributed by atoms with van der Waals surface area (Å²) in [6.07, 6.45) is 1.50. The number of halogens is 1. The minimum atomic E-state index is -0.184. The van der Waals surface area contributed by atoms with Gasteiger partial charge < -0.3 is 9.47 Å². The van der Waals surface area contributed by atoms with Gasteiger partial charge in [-0.25, -0.2) is 0 Å². The number of alkyl halides is 1. The molecule has 0 N–H and O–H groups in total. The van der Waals surface area contributed by atoms with Gasteiger partial charge in [0.1, 0.15) is 0 Å². The Morgan fingerprint density at radius 3 is 2.80 bits per heavy atom. The van der Waals surface area contributed by atoms with E-state index in [0.29, 0.717) is 19.1 Å². The highest BCUT2D eigenvalue weighted by molar-refractivity contribution is 6.17. The van der Waals surface area contributed by atoms with Crippen molar-refractivity contribution in [2.75, 3.05) is 19.1 Å². The fourth-order valence-electron chi connectivity index (χ4n) is 0.462. The molecule has 1 atom stereocenters. The lowest BCUT2D eigenvalue weighted by Crippen LogP contribution is -2.14. The lowest BCUT2D eigenvalue weighted by atomic mass is 10.6. The van der Waals surface area contributed by atoms with E-state index in [4.69, 9.17) is 21.1 Å². The molecule has 3 heteroatoms. The number of hydrogen-bond acceptors (Lipinski definition) is 2. The van der Waals surface area contributed by atoms with E-state index in [1.165, 1.54) is 0 Å². The maximum absolute atomic E-state index is 5.38. The molecule has 0 amide bonds. The molecule has 60 valence electrons. The van der Waals surface area contributed by atoms with Crippen molar-refractivity contribution in [1.82, 2.24) is 0 Å². The van der Waals surface area contributed by atoms with Crippen LogP contribution in [0.25, 0.3) is 0 Å². The van der Waals surface area contributed by atoms with Crippen LogP contribution in [0.3, 0.4) is 0 Å². The molecule has 0 fully saturated rings. The topological polar surface area (TPSA) is 18.5 Å². The van der Waals surface area contributed by atoms with Gasteiger partial charge >= 0.3 is 0 Å². The highest BCUT2D eigenvalue weighted by atomic mass is 35.5. The van der Waals surface area contributed by atoms with Gasteiger partial charge in [0.15, 0.2) is 6.29 Å². The molecule has 0 aliphatic rings. The van der Waals surface area contributed by atoms with Crippen LogP contribution < -0.4 is 0 Å². The third kappa shape index (κ3) is 6.08. The van der Waals surface area contributed by atoms with Crippen LogP contribution in [-0.4, -0.2) is 25.4 Å². The van der Waals surface area contributed by atoms with Crippen LogP contribution in [0.5, 0.6) is 0 Å². The maximum atomic E-state index is 5.38. The Hall–Kier alpha value is -0.0500. The molecule has 0 bridgehead atoms. The molecule has 2 nitrogen and oxygen atoms in total. The Balaban J connectivity index is 3.07. The lowest BCUT2D eigenvalue weighted by Gasteiger charge is -2.10. The van der Waals surface area contributed by atoms with Gasteiger partial charge in [0, 0.05) is 5.88 Å². The fraction of sp³-hybridized carbons (Fsp3) is 0.714. The molecule has 0 spiro atoms. The van der Waals surface area contributed by atoms with E-state index in [2.05, 4.69) is 6.58 Å². The molecule has 0 aromatic carbocycles. The first-order valence-corrected chi connectivity index (χ1v) is 3.74. The summed E-state index contributed by atoms with van der Waals surface area (Å²) in [5, 5.41) is 0. The average molecular weight is 165 g/mol. The summed E-state index contributed by atoms with van der Waals surface area (Å²) >= 11 is 5.38. The Morgan fingerprint density at radius 2 is 2.30 bits per heavy atom. The summed E-state index contributed by atoms with van der Waals surface area (Å²) in [5.74, 6) is 0.502. The normalized spacial score (nSPS) is 13.0. The summed E-state index contributed by atoms with van der Waals surface area (Å²) in [7, 11) is 0. The Bertz CT molecular complexity index is 85.7. The van der Waals surface area contributed by atoms with Gasteiger partial charge in [0.05, 0.1) is 13.2 Å². The molecule has 0 saturated heterocycles. The van der Waals surface area contributed by atoms with Gasteiger partial charge in [-0.1, -0.05) is 6.08 Å². The highest BCUT2D eigenvalue weighted by Crippen LogP contribution is 1.93. The summed E-state index contributed by atoms with van der Waals surface area (Å²) in [6, 6.07) is 0. The second-order valence-electron chi connectivity index (χ2n) is 1.75. The van der Waals surface area contributed by atoms with E-state index < -0.39 is 0 Å². The second kappa shape index (κ2) is 7.06. The first kappa shape index (κ1) is 9.95. The van der Waals surface area contributed by atoms with E-state index in [9.17, 15) is 0 Å². The van der Waals surface area contributed by atoms with E-state index >= 15 is 0 Å². The molecule has 10 heavy (non-hydrogen) atoms. The smallest absolute Gasteiger partial charge is 0.155 e. The molecule has 1 unspecified atom stereocenters. The summed E-state index contributed by atoms with van der Waals surface area (Å²) < 4.78 is 10.2. The molecule has 0 saturated carbocycles. The van der Waals surface area contributed by atoms with Crippen LogP contribution in [0, 0.1) is 0 Å². The highest BCUT2D eigenvalue weighted by Gasteiger charge is 1.97. The molecular formula is C7H13ClO2. The second-order valence-corrected chi connectivity index (χ2v) is 2.13. The molecule has 0 aliphatic carbocycles. The van der Waals surface area contributed by atoms with Crippen molar-refractivity contribution in [2.24, 2.45) is 0 Å². The minimum Gasteiger partial charge on any atom is -0.352 e. The SMILES string of the molecule is C=CCOC(C)OCCCl. The summed E-state index contributed by atoms with van der Waals surface area (Å²) in [4.78, 5) is 0. The van der Waals surface area contributed by atoms with Crippen molar-refractivity contribution in [3.63, 3.8) is 0 Å². The van der Waals surface area contributed by atoms with Crippen LogP contribution in [0.4, 0.5) is 0 Å². The molecular weight excluding hydrogens is 152 g/mol. The lowest BCUT2D eigenvalue weighted by molar-refractivity contribution is -0.118. The fourth-order valence-corrected chi connectivity index (χ4v) is 0.551. The van der Waals surface area contributed by atoms with Crippen LogP contribution in [0.1, 0.15) is 6.92 Å². The number of hydrogen-bond donors (Lipinski definition) is 0. The van der Waals surface area contributed by atoms with Crippen molar-refractivity contribution < 1.29 is 9.47 Å². The van der Waals surface area contributed by atoms with Crippen molar-refractivity contribution >= 4 is 11.6 Å². The van der Waals surface area contributed by atoms with E-state index in [1.54, 1.807) is 6.08 Å². The predicted octanol–water partition coefficient (Wildman–Crippen LogP) is 1.79. The first-order chi connectivity index (χ1) is 4.81. The zero-order valence-corrected chi connectivity index (χ0v) is 6.93. The van der Waals surface area contributed by atoms with E-state index in [-0.39, 0.29) is 6.29 Å². The van der Waals surface area contributed by atoms with E-state index in [0.717, 1.165) is 0 Å². The Labute approximate surface area is 66.8 Å². The largest absolute Gasteiger partial charge is 0.352 e. The average Bonchev–Trinajstić information content (AvgIpc) is 1.97. The van der Waals surface area contributed by atoms with Crippen LogP contribution >= 0.6 is 11.6 Å². The quantitative estimate of drug-likeness (QED) is 0.339. The van der Waals surface area contributed by atoms with Gasteiger partial charge in [-0.2, -0.15) is 0 Å². The van der Waals surface area contributed by atoms with Gasteiger partial charge in [-0.3, -0.25) is 0 Å². The molecule has 0 radical (unpaired) electrons. The summed E-state index contributed by atoms with van der Waals surface area (Å²) in [5.41, 5.74) is 0. The van der Waals surface area contributed by atoms with Gasteiger partial charge in [-0.05, 0) is 6.92 Å². The van der Waals surface area contributed by atoms with Crippen molar-refractivity contribution in [1.29, 1.82) is 0 Å². The van der Waals surface area contributed by atoms with Crippen molar-refractivity contribution in [3.8, 4) is 0 Å². The third-order valence-electron chi connectivity index (χ3n) is 0.878.